The molecule has 3 amide bonds. The topological polar surface area (TPSA) is 180 Å². The Kier molecular flexibility index (Phi) is 8.14. The number of carbonyl (C=O) groups is 4. The molecular weight excluding hydrogens is 402 g/mol. The van der Waals surface area contributed by atoms with Crippen LogP contribution in [-0.2, 0) is 25.6 Å². The third kappa shape index (κ3) is 6.29. The summed E-state index contributed by atoms with van der Waals surface area (Å²) < 4.78 is 0. The first-order valence-electron chi connectivity index (χ1n) is 10.1. The fraction of sp³-hybridized carbons (Fsp3) is 0.429. The summed E-state index contributed by atoms with van der Waals surface area (Å²) in [6.07, 6.45) is 2.04. The van der Waals surface area contributed by atoms with Crippen LogP contribution in [0.3, 0.4) is 0 Å². The first-order chi connectivity index (χ1) is 14.6. The lowest BCUT2D eigenvalue weighted by Gasteiger charge is -2.26. The number of carboxylic acids is 1. The number of aliphatic carboxylic acids is 1. The maximum atomic E-state index is 12.7. The Morgan fingerprint density at radius 1 is 1.13 bits per heavy atom. The highest BCUT2D eigenvalue weighted by Gasteiger charge is 2.31. The molecule has 0 saturated carbocycles. The maximum Gasteiger partial charge on any atom is 0.326 e. The summed E-state index contributed by atoms with van der Waals surface area (Å²) >= 11 is 0. The molecule has 0 spiro atoms. The van der Waals surface area contributed by atoms with Gasteiger partial charge in [0.15, 0.2) is 0 Å². The van der Waals surface area contributed by atoms with E-state index in [0.29, 0.717) is 6.42 Å². The minimum Gasteiger partial charge on any atom is -0.480 e. The average Bonchev–Trinajstić information content (AvgIpc) is 3.13. The molecule has 4 atom stereocenters. The van der Waals surface area contributed by atoms with E-state index >= 15 is 0 Å². The van der Waals surface area contributed by atoms with Crippen LogP contribution in [0.4, 0.5) is 0 Å². The number of rotatable bonds is 11. The van der Waals surface area contributed by atoms with E-state index in [0.717, 1.165) is 16.5 Å². The van der Waals surface area contributed by atoms with E-state index in [2.05, 4.69) is 15.6 Å². The predicted octanol–water partition coefficient (Wildman–Crippen LogP) is 0.0134. The van der Waals surface area contributed by atoms with Gasteiger partial charge in [-0.1, -0.05) is 38.5 Å². The van der Waals surface area contributed by atoms with Gasteiger partial charge in [0.1, 0.15) is 12.1 Å². The van der Waals surface area contributed by atoms with E-state index in [1.807, 2.05) is 31.2 Å². The molecule has 1 aromatic carbocycles. The molecule has 168 valence electrons. The molecule has 0 saturated heterocycles. The van der Waals surface area contributed by atoms with Crippen LogP contribution in [0.15, 0.2) is 30.5 Å². The van der Waals surface area contributed by atoms with Gasteiger partial charge in [-0.05, 0) is 24.0 Å². The van der Waals surface area contributed by atoms with Gasteiger partial charge in [0.2, 0.25) is 17.7 Å². The molecule has 0 radical (unpaired) electrons. The van der Waals surface area contributed by atoms with Gasteiger partial charge in [-0.3, -0.25) is 14.4 Å². The number of fused-ring (bicyclic) bond motifs is 1. The smallest absolute Gasteiger partial charge is 0.326 e. The summed E-state index contributed by atoms with van der Waals surface area (Å²) in [5.41, 5.74) is 12.9. The van der Waals surface area contributed by atoms with Gasteiger partial charge < -0.3 is 32.2 Å². The Hall–Kier alpha value is -3.40. The summed E-state index contributed by atoms with van der Waals surface area (Å²) in [5.74, 6) is -3.80. The van der Waals surface area contributed by atoms with Crippen LogP contribution in [0.25, 0.3) is 10.9 Å². The van der Waals surface area contributed by atoms with Crippen molar-refractivity contribution in [3.63, 3.8) is 0 Å². The number of carbonyl (C=O) groups excluding carboxylic acids is 3. The second-order valence-electron chi connectivity index (χ2n) is 7.61. The average molecular weight is 431 g/mol. The highest BCUT2D eigenvalue weighted by atomic mass is 16.4. The maximum absolute atomic E-state index is 12.7. The van der Waals surface area contributed by atoms with Crippen LogP contribution in [0, 0.1) is 5.92 Å². The van der Waals surface area contributed by atoms with Crippen LogP contribution in [-0.4, -0.2) is 51.9 Å². The first-order valence-corrected chi connectivity index (χ1v) is 10.1. The zero-order valence-corrected chi connectivity index (χ0v) is 17.6. The lowest BCUT2D eigenvalue weighted by Crippen LogP contribution is -2.57. The molecule has 31 heavy (non-hydrogen) atoms. The van der Waals surface area contributed by atoms with Gasteiger partial charge in [0.05, 0.1) is 12.5 Å². The van der Waals surface area contributed by atoms with Crippen molar-refractivity contribution in [2.45, 2.75) is 51.2 Å². The summed E-state index contributed by atoms with van der Waals surface area (Å²) in [4.78, 5) is 50.9. The van der Waals surface area contributed by atoms with Crippen LogP contribution in [0.5, 0.6) is 0 Å². The molecule has 0 aliphatic heterocycles. The fourth-order valence-electron chi connectivity index (χ4n) is 3.26. The van der Waals surface area contributed by atoms with Crippen LogP contribution in [0.1, 0.15) is 32.3 Å². The van der Waals surface area contributed by atoms with Crippen molar-refractivity contribution in [1.29, 1.82) is 0 Å². The minimum atomic E-state index is -1.48. The van der Waals surface area contributed by atoms with E-state index in [1.54, 1.807) is 13.1 Å². The van der Waals surface area contributed by atoms with Gasteiger partial charge in [0.25, 0.3) is 0 Å². The Balaban J connectivity index is 2.09. The Bertz CT molecular complexity index is 957. The Morgan fingerprint density at radius 3 is 2.42 bits per heavy atom. The molecule has 1 heterocycles. The van der Waals surface area contributed by atoms with Crippen molar-refractivity contribution in [2.24, 2.45) is 17.4 Å². The second-order valence-corrected chi connectivity index (χ2v) is 7.61. The molecule has 2 aromatic rings. The van der Waals surface area contributed by atoms with Crippen molar-refractivity contribution >= 4 is 34.6 Å². The zero-order valence-electron chi connectivity index (χ0n) is 17.6. The molecule has 10 heteroatoms. The number of benzene rings is 1. The molecule has 0 aliphatic rings. The second kappa shape index (κ2) is 10.6. The third-order valence-electron chi connectivity index (χ3n) is 5.26. The molecule has 0 aliphatic carbocycles. The summed E-state index contributed by atoms with van der Waals surface area (Å²) in [5, 5.41) is 15.1. The van der Waals surface area contributed by atoms with Crippen molar-refractivity contribution in [1.82, 2.24) is 15.6 Å². The molecule has 4 unspecified atom stereocenters. The van der Waals surface area contributed by atoms with Crippen molar-refractivity contribution in [3.8, 4) is 0 Å². The van der Waals surface area contributed by atoms with Crippen molar-refractivity contribution < 1.29 is 24.3 Å². The fourth-order valence-corrected chi connectivity index (χ4v) is 3.26. The van der Waals surface area contributed by atoms with E-state index in [1.165, 1.54) is 0 Å². The van der Waals surface area contributed by atoms with Crippen LogP contribution in [0.2, 0.25) is 0 Å². The highest BCUT2D eigenvalue weighted by molar-refractivity contribution is 5.93. The lowest BCUT2D eigenvalue weighted by atomic mass is 9.96. The number of carboxylic acid groups (broad SMARTS) is 1. The van der Waals surface area contributed by atoms with E-state index < -0.39 is 48.2 Å². The largest absolute Gasteiger partial charge is 0.480 e. The van der Waals surface area contributed by atoms with Gasteiger partial charge >= 0.3 is 5.97 Å². The molecule has 1 aromatic heterocycles. The van der Waals surface area contributed by atoms with Gasteiger partial charge in [-0.2, -0.15) is 0 Å². The minimum absolute atomic E-state index is 0.254. The molecule has 2 rings (SSSR count). The first kappa shape index (κ1) is 23.9. The standard InChI is InChI=1S/C21H29N5O5/c1-3-11(2)18(20(29)25-16(21(30)31)9-17(23)27)26-19(28)14(22)8-12-10-24-15-7-5-4-6-13(12)15/h4-7,10-11,14,16,18,24H,3,8-9,22H2,1-2H3,(H2,23,27)(H,25,29)(H,26,28)(H,30,31). The number of primary amides is 1. The van der Waals surface area contributed by atoms with Gasteiger partial charge in [0, 0.05) is 17.1 Å². The summed E-state index contributed by atoms with van der Waals surface area (Å²) in [6.45, 7) is 3.58. The van der Waals surface area contributed by atoms with E-state index in [-0.39, 0.29) is 12.3 Å². The molecule has 10 nitrogen and oxygen atoms in total. The molecule has 8 N–H and O–H groups in total. The van der Waals surface area contributed by atoms with Gasteiger partial charge in [-0.25, -0.2) is 4.79 Å². The van der Waals surface area contributed by atoms with Crippen molar-refractivity contribution in [3.05, 3.63) is 36.0 Å². The number of aromatic nitrogens is 1. The Morgan fingerprint density at radius 2 is 1.81 bits per heavy atom. The number of para-hydroxylation sites is 1. The van der Waals surface area contributed by atoms with E-state index in [4.69, 9.17) is 11.5 Å². The quantitative estimate of drug-likeness (QED) is 0.291. The summed E-state index contributed by atoms with van der Waals surface area (Å²) in [7, 11) is 0. The number of nitrogens with one attached hydrogen (secondary N) is 3. The molecule has 0 bridgehead atoms. The number of hydrogen-bond acceptors (Lipinski definition) is 5. The highest BCUT2D eigenvalue weighted by Crippen LogP contribution is 2.19. The zero-order chi connectivity index (χ0) is 23.1. The normalized spacial score (nSPS) is 14.9. The molecule has 0 fully saturated rings. The van der Waals surface area contributed by atoms with Crippen LogP contribution >= 0.6 is 0 Å². The number of aromatic amines is 1. The predicted molar refractivity (Wildman–Crippen MR) is 115 cm³/mol. The van der Waals surface area contributed by atoms with E-state index in [9.17, 15) is 24.3 Å². The molecular formula is C21H29N5O5. The third-order valence-corrected chi connectivity index (χ3v) is 5.26. The van der Waals surface area contributed by atoms with Gasteiger partial charge in [-0.15, -0.1) is 0 Å². The number of H-pyrrole nitrogens is 1. The summed E-state index contributed by atoms with van der Waals surface area (Å²) in [6, 6.07) is 4.21. The number of nitrogens with two attached hydrogens (primary N) is 2. The number of hydrogen-bond donors (Lipinski definition) is 6. The Labute approximate surface area is 179 Å². The van der Waals surface area contributed by atoms with Crippen molar-refractivity contribution in [2.75, 3.05) is 0 Å². The number of amides is 3. The lowest BCUT2D eigenvalue weighted by molar-refractivity contribution is -0.144. The SMILES string of the molecule is CCC(C)C(NC(=O)C(N)Cc1c[nH]c2ccccc12)C(=O)NC(CC(N)=O)C(=O)O. The monoisotopic (exact) mass is 431 g/mol. The van der Waals surface area contributed by atoms with Crippen LogP contribution < -0.4 is 22.1 Å².